The number of carbonyl (C=O) groups is 5. The van der Waals surface area contributed by atoms with Crippen LogP contribution in [0.4, 0.5) is 0 Å². The van der Waals surface area contributed by atoms with Gasteiger partial charge in [-0.3, -0.25) is 24.2 Å². The van der Waals surface area contributed by atoms with Crippen LogP contribution in [0.3, 0.4) is 0 Å². The molecular formula is C18H33N7O8. The number of nitrogens with one attached hydrogen (secondary N) is 3. The number of hydrogen-bond donors (Lipinski definition) is 9. The molecule has 0 bridgehead atoms. The first-order valence-corrected chi connectivity index (χ1v) is 10.1. The largest absolute Gasteiger partial charge is 0.481 e. The van der Waals surface area contributed by atoms with Gasteiger partial charge in [-0.25, -0.2) is 4.79 Å². The van der Waals surface area contributed by atoms with E-state index in [0.29, 0.717) is 6.42 Å². The zero-order valence-corrected chi connectivity index (χ0v) is 18.5. The monoisotopic (exact) mass is 475 g/mol. The Balaban J connectivity index is 5.07. The van der Waals surface area contributed by atoms with E-state index in [1.807, 2.05) is 0 Å². The van der Waals surface area contributed by atoms with Gasteiger partial charge in [0.2, 0.25) is 17.7 Å². The second kappa shape index (κ2) is 14.6. The molecule has 0 spiro atoms. The first-order chi connectivity index (χ1) is 15.3. The van der Waals surface area contributed by atoms with Crippen LogP contribution in [0, 0.1) is 5.92 Å². The summed E-state index contributed by atoms with van der Waals surface area (Å²) in [5.74, 6) is -6.23. The lowest BCUT2D eigenvalue weighted by molar-refractivity contribution is -0.147. The zero-order chi connectivity index (χ0) is 25.7. The number of carboxylic acids is 2. The first kappa shape index (κ1) is 29.5. The van der Waals surface area contributed by atoms with Crippen molar-refractivity contribution in [2.75, 3.05) is 13.2 Å². The van der Waals surface area contributed by atoms with Crippen LogP contribution in [0.25, 0.3) is 0 Å². The Kier molecular flexibility index (Phi) is 13.0. The summed E-state index contributed by atoms with van der Waals surface area (Å²) in [6.07, 6.45) is -0.283. The maximum absolute atomic E-state index is 12.5. The van der Waals surface area contributed by atoms with Crippen LogP contribution in [0.2, 0.25) is 0 Å². The zero-order valence-electron chi connectivity index (χ0n) is 18.5. The van der Waals surface area contributed by atoms with Crippen LogP contribution in [-0.2, 0) is 24.0 Å². The van der Waals surface area contributed by atoms with Crippen molar-refractivity contribution in [2.45, 2.75) is 57.3 Å². The van der Waals surface area contributed by atoms with Gasteiger partial charge in [0.25, 0.3) is 0 Å². The maximum atomic E-state index is 12.5. The van der Waals surface area contributed by atoms with Crippen molar-refractivity contribution in [2.24, 2.45) is 28.1 Å². The summed E-state index contributed by atoms with van der Waals surface area (Å²) in [6.45, 7) is 2.55. The molecule has 0 aromatic heterocycles. The Bertz CT molecular complexity index is 739. The molecule has 0 aliphatic carbocycles. The van der Waals surface area contributed by atoms with Gasteiger partial charge in [0.1, 0.15) is 18.1 Å². The lowest BCUT2D eigenvalue weighted by Gasteiger charge is -2.26. The van der Waals surface area contributed by atoms with Crippen LogP contribution in [-0.4, -0.2) is 88.3 Å². The number of nitrogens with two attached hydrogens (primary N) is 3. The molecule has 4 unspecified atom stereocenters. The molecule has 3 amide bonds. The summed E-state index contributed by atoms with van der Waals surface area (Å²) in [6, 6.07) is -5.44. The Morgan fingerprint density at radius 1 is 0.909 bits per heavy atom. The fraction of sp³-hybridized carbons (Fsp3) is 0.667. The molecule has 12 N–H and O–H groups in total. The molecular weight excluding hydrogens is 442 g/mol. The first-order valence-electron chi connectivity index (χ1n) is 10.1. The number of amides is 3. The smallest absolute Gasteiger partial charge is 0.326 e. The van der Waals surface area contributed by atoms with Gasteiger partial charge in [0.15, 0.2) is 5.96 Å². The quantitative estimate of drug-likeness (QED) is 0.0625. The second-order valence-electron chi connectivity index (χ2n) is 7.53. The highest BCUT2D eigenvalue weighted by molar-refractivity contribution is 5.94. The molecule has 0 heterocycles. The lowest BCUT2D eigenvalue weighted by Crippen LogP contribution is -2.59. The van der Waals surface area contributed by atoms with E-state index in [0.717, 1.165) is 0 Å². The Hall–Kier alpha value is -3.46. The SMILES string of the molecule is CC(C)C(NC(=O)C(CO)NC(=O)C(N)CCCN=C(N)N)C(=O)NC(CC(=O)O)C(=O)O. The summed E-state index contributed by atoms with van der Waals surface area (Å²) in [4.78, 5) is 62.9. The minimum atomic E-state index is -1.71. The van der Waals surface area contributed by atoms with Gasteiger partial charge in [0.05, 0.1) is 19.1 Å². The van der Waals surface area contributed by atoms with Crippen molar-refractivity contribution >= 4 is 35.6 Å². The Morgan fingerprint density at radius 2 is 1.48 bits per heavy atom. The van der Waals surface area contributed by atoms with E-state index in [2.05, 4.69) is 20.9 Å². The molecule has 188 valence electrons. The number of guanidine groups is 1. The van der Waals surface area contributed by atoms with Crippen LogP contribution in [0.5, 0.6) is 0 Å². The lowest BCUT2D eigenvalue weighted by atomic mass is 10.0. The van der Waals surface area contributed by atoms with Crippen LogP contribution in [0.15, 0.2) is 4.99 Å². The molecule has 0 radical (unpaired) electrons. The third-order valence-electron chi connectivity index (χ3n) is 4.36. The molecule has 33 heavy (non-hydrogen) atoms. The number of hydrogen-bond acceptors (Lipinski definition) is 8. The predicted molar refractivity (Wildman–Crippen MR) is 115 cm³/mol. The van der Waals surface area contributed by atoms with Crippen molar-refractivity contribution in [3.63, 3.8) is 0 Å². The molecule has 0 fully saturated rings. The van der Waals surface area contributed by atoms with E-state index < -0.39 is 72.8 Å². The fourth-order valence-corrected chi connectivity index (χ4v) is 2.55. The number of aliphatic imine (C=N–C) groups is 1. The van der Waals surface area contributed by atoms with Crippen LogP contribution < -0.4 is 33.2 Å². The number of carbonyl (C=O) groups excluding carboxylic acids is 3. The highest BCUT2D eigenvalue weighted by Gasteiger charge is 2.32. The number of rotatable bonds is 15. The Labute approximate surface area is 190 Å². The summed E-state index contributed by atoms with van der Waals surface area (Å²) in [7, 11) is 0. The maximum Gasteiger partial charge on any atom is 0.326 e. The molecule has 4 atom stereocenters. The standard InChI is InChI=1S/C18H33N7O8/c1-8(2)13(16(31)23-10(17(32)33)6-12(27)28)25-15(30)11(7-26)24-14(29)9(19)4-3-5-22-18(20)21/h8-11,13,26H,3-7,19H2,1-2H3,(H,23,31)(H,24,29)(H,25,30)(H,27,28)(H,32,33)(H4,20,21,22). The van der Waals surface area contributed by atoms with Gasteiger partial charge in [-0.1, -0.05) is 13.8 Å². The van der Waals surface area contributed by atoms with E-state index in [1.54, 1.807) is 13.8 Å². The van der Waals surface area contributed by atoms with E-state index in [4.69, 9.17) is 27.4 Å². The normalized spacial score (nSPS) is 14.3. The summed E-state index contributed by atoms with van der Waals surface area (Å²) in [5.41, 5.74) is 16.1. The molecule has 15 heteroatoms. The number of aliphatic hydroxyl groups excluding tert-OH is 1. The van der Waals surface area contributed by atoms with E-state index in [-0.39, 0.29) is 18.9 Å². The van der Waals surface area contributed by atoms with Crippen molar-refractivity contribution < 1.29 is 39.3 Å². The summed E-state index contributed by atoms with van der Waals surface area (Å²) >= 11 is 0. The molecule has 0 aromatic rings. The number of carboxylic acid groups (broad SMARTS) is 2. The number of nitrogens with zero attached hydrogens (tertiary/aromatic N) is 1. The molecule has 0 saturated heterocycles. The average Bonchev–Trinajstić information content (AvgIpc) is 2.71. The molecule has 0 aliphatic heterocycles. The average molecular weight is 476 g/mol. The molecule has 15 nitrogen and oxygen atoms in total. The van der Waals surface area contributed by atoms with Gasteiger partial charge < -0.3 is 48.5 Å². The minimum Gasteiger partial charge on any atom is -0.481 e. The molecule has 0 aromatic carbocycles. The van der Waals surface area contributed by atoms with Crippen molar-refractivity contribution in [3.8, 4) is 0 Å². The molecule has 0 aliphatic rings. The third-order valence-corrected chi connectivity index (χ3v) is 4.36. The van der Waals surface area contributed by atoms with Crippen molar-refractivity contribution in [1.82, 2.24) is 16.0 Å². The van der Waals surface area contributed by atoms with Crippen molar-refractivity contribution in [3.05, 3.63) is 0 Å². The van der Waals surface area contributed by atoms with E-state index >= 15 is 0 Å². The summed E-state index contributed by atoms with van der Waals surface area (Å²) < 4.78 is 0. The van der Waals surface area contributed by atoms with Gasteiger partial charge >= 0.3 is 11.9 Å². The summed E-state index contributed by atoms with van der Waals surface area (Å²) in [5, 5.41) is 34.0. The van der Waals surface area contributed by atoms with Gasteiger partial charge in [-0.05, 0) is 18.8 Å². The third kappa shape index (κ3) is 11.6. The van der Waals surface area contributed by atoms with Crippen molar-refractivity contribution in [1.29, 1.82) is 0 Å². The second-order valence-corrected chi connectivity index (χ2v) is 7.53. The molecule has 0 saturated carbocycles. The fourth-order valence-electron chi connectivity index (χ4n) is 2.55. The van der Waals surface area contributed by atoms with Gasteiger partial charge in [-0.15, -0.1) is 0 Å². The highest BCUT2D eigenvalue weighted by atomic mass is 16.4. The molecule has 0 rings (SSSR count). The van der Waals surface area contributed by atoms with E-state index in [9.17, 15) is 29.1 Å². The van der Waals surface area contributed by atoms with E-state index in [1.165, 1.54) is 0 Å². The topological polar surface area (TPSA) is 273 Å². The minimum absolute atomic E-state index is 0.105. The number of aliphatic hydroxyl groups is 1. The van der Waals surface area contributed by atoms with Gasteiger partial charge in [0, 0.05) is 6.54 Å². The van der Waals surface area contributed by atoms with Crippen LogP contribution in [0.1, 0.15) is 33.1 Å². The predicted octanol–water partition coefficient (Wildman–Crippen LogP) is -3.97. The van der Waals surface area contributed by atoms with Gasteiger partial charge in [-0.2, -0.15) is 0 Å². The highest BCUT2D eigenvalue weighted by Crippen LogP contribution is 2.05. The Morgan fingerprint density at radius 3 is 1.94 bits per heavy atom. The number of aliphatic carboxylic acids is 2. The van der Waals surface area contributed by atoms with Crippen LogP contribution >= 0.6 is 0 Å².